The predicted octanol–water partition coefficient (Wildman–Crippen LogP) is 5.11. The highest BCUT2D eigenvalue weighted by atomic mass is 35.5. The SMILES string of the molecule is Cc1ccc(-c2[nH]c3ccc(C)cc3c2Cl)cc1. The van der Waals surface area contributed by atoms with Gasteiger partial charge in [-0.1, -0.05) is 53.1 Å². The van der Waals surface area contributed by atoms with Gasteiger partial charge in [0.05, 0.1) is 10.7 Å². The number of aromatic nitrogens is 1. The molecule has 0 bridgehead atoms. The number of fused-ring (bicyclic) bond motifs is 1. The Morgan fingerprint density at radius 3 is 2.28 bits per heavy atom. The molecule has 0 amide bonds. The fraction of sp³-hybridized carbons (Fsp3) is 0.125. The van der Waals surface area contributed by atoms with E-state index in [1.165, 1.54) is 11.1 Å². The topological polar surface area (TPSA) is 15.8 Å². The molecule has 3 aromatic rings. The number of aryl methyl sites for hydroxylation is 2. The Kier molecular flexibility index (Phi) is 2.64. The molecule has 0 aliphatic carbocycles. The summed E-state index contributed by atoms with van der Waals surface area (Å²) in [5.41, 5.74) is 5.68. The van der Waals surface area contributed by atoms with E-state index in [4.69, 9.17) is 11.6 Å². The van der Waals surface area contributed by atoms with Gasteiger partial charge in [0.2, 0.25) is 0 Å². The lowest BCUT2D eigenvalue weighted by Gasteiger charge is -1.99. The zero-order valence-electron chi connectivity index (χ0n) is 10.4. The largest absolute Gasteiger partial charge is 0.353 e. The molecule has 0 saturated heterocycles. The second-order valence-electron chi connectivity index (χ2n) is 4.73. The van der Waals surface area contributed by atoms with E-state index in [-0.39, 0.29) is 0 Å². The third-order valence-corrected chi connectivity index (χ3v) is 3.62. The molecule has 0 unspecified atom stereocenters. The normalized spacial score (nSPS) is 11.1. The smallest absolute Gasteiger partial charge is 0.0740 e. The van der Waals surface area contributed by atoms with Gasteiger partial charge in [-0.05, 0) is 31.5 Å². The van der Waals surface area contributed by atoms with Gasteiger partial charge in [-0.15, -0.1) is 0 Å². The van der Waals surface area contributed by atoms with E-state index in [1.54, 1.807) is 0 Å². The highest BCUT2D eigenvalue weighted by molar-refractivity contribution is 6.38. The predicted molar refractivity (Wildman–Crippen MR) is 78.2 cm³/mol. The molecule has 3 rings (SSSR count). The Labute approximate surface area is 111 Å². The number of halogens is 1. The van der Waals surface area contributed by atoms with Crippen LogP contribution in [0.3, 0.4) is 0 Å². The number of benzene rings is 2. The van der Waals surface area contributed by atoms with Crippen LogP contribution >= 0.6 is 11.6 Å². The molecular weight excluding hydrogens is 242 g/mol. The minimum atomic E-state index is 0.803. The van der Waals surface area contributed by atoms with Crippen LogP contribution < -0.4 is 0 Å². The summed E-state index contributed by atoms with van der Waals surface area (Å²) in [6.07, 6.45) is 0. The summed E-state index contributed by atoms with van der Waals surface area (Å²) >= 11 is 6.47. The van der Waals surface area contributed by atoms with Crippen molar-refractivity contribution in [1.29, 1.82) is 0 Å². The van der Waals surface area contributed by atoms with Crippen molar-refractivity contribution in [2.75, 3.05) is 0 Å². The monoisotopic (exact) mass is 255 g/mol. The molecule has 0 fully saturated rings. The Bertz CT molecular complexity index is 708. The van der Waals surface area contributed by atoms with Crippen LogP contribution in [0.2, 0.25) is 5.02 Å². The van der Waals surface area contributed by atoms with Gasteiger partial charge in [-0.25, -0.2) is 0 Å². The molecule has 1 N–H and O–H groups in total. The first-order valence-electron chi connectivity index (χ1n) is 6.00. The number of hydrogen-bond acceptors (Lipinski definition) is 0. The van der Waals surface area contributed by atoms with Gasteiger partial charge in [0.15, 0.2) is 0 Å². The van der Waals surface area contributed by atoms with Gasteiger partial charge in [-0.3, -0.25) is 0 Å². The maximum Gasteiger partial charge on any atom is 0.0740 e. The Morgan fingerprint density at radius 1 is 0.889 bits per heavy atom. The van der Waals surface area contributed by atoms with Crippen LogP contribution in [-0.4, -0.2) is 4.98 Å². The van der Waals surface area contributed by atoms with Gasteiger partial charge < -0.3 is 4.98 Å². The van der Waals surface area contributed by atoms with Crippen LogP contribution in [0.1, 0.15) is 11.1 Å². The summed E-state index contributed by atoms with van der Waals surface area (Å²) in [6.45, 7) is 4.16. The van der Waals surface area contributed by atoms with Crippen molar-refractivity contribution in [2.45, 2.75) is 13.8 Å². The molecule has 90 valence electrons. The van der Waals surface area contributed by atoms with Gasteiger partial charge in [0.1, 0.15) is 0 Å². The fourth-order valence-corrected chi connectivity index (χ4v) is 2.50. The molecule has 0 aliphatic rings. The van der Waals surface area contributed by atoms with Crippen LogP contribution in [-0.2, 0) is 0 Å². The van der Waals surface area contributed by atoms with Crippen LogP contribution in [0.15, 0.2) is 42.5 Å². The van der Waals surface area contributed by atoms with Crippen LogP contribution in [0, 0.1) is 13.8 Å². The minimum Gasteiger partial charge on any atom is -0.353 e. The van der Waals surface area contributed by atoms with E-state index >= 15 is 0 Å². The Morgan fingerprint density at radius 2 is 1.56 bits per heavy atom. The van der Waals surface area contributed by atoms with Crippen molar-refractivity contribution in [3.8, 4) is 11.3 Å². The van der Waals surface area contributed by atoms with E-state index in [1.807, 2.05) is 0 Å². The lowest BCUT2D eigenvalue weighted by Crippen LogP contribution is -1.78. The number of rotatable bonds is 1. The van der Waals surface area contributed by atoms with E-state index < -0.39 is 0 Å². The van der Waals surface area contributed by atoms with Crippen molar-refractivity contribution in [2.24, 2.45) is 0 Å². The van der Waals surface area contributed by atoms with Crippen molar-refractivity contribution >= 4 is 22.5 Å². The maximum atomic E-state index is 6.47. The molecule has 2 heteroatoms. The summed E-state index contributed by atoms with van der Waals surface area (Å²) in [7, 11) is 0. The summed E-state index contributed by atoms with van der Waals surface area (Å²) in [6, 6.07) is 14.7. The molecule has 18 heavy (non-hydrogen) atoms. The fourth-order valence-electron chi connectivity index (χ4n) is 2.19. The van der Waals surface area contributed by atoms with E-state index in [0.717, 1.165) is 27.2 Å². The standard InChI is InChI=1S/C16H14ClN/c1-10-3-6-12(7-4-10)16-15(17)13-9-11(2)5-8-14(13)18-16/h3-9,18H,1-2H3. The molecule has 0 saturated carbocycles. The van der Waals surface area contributed by atoms with Crippen LogP contribution in [0.4, 0.5) is 0 Å². The average molecular weight is 256 g/mol. The average Bonchev–Trinajstić information content (AvgIpc) is 2.68. The minimum absolute atomic E-state index is 0.803. The second-order valence-corrected chi connectivity index (χ2v) is 5.11. The Balaban J connectivity index is 2.23. The molecule has 1 heterocycles. The molecule has 0 radical (unpaired) electrons. The van der Waals surface area contributed by atoms with Crippen molar-refractivity contribution in [3.05, 3.63) is 58.6 Å². The van der Waals surface area contributed by atoms with Gasteiger partial charge in [0.25, 0.3) is 0 Å². The second kappa shape index (κ2) is 4.18. The molecular formula is C16H14ClN. The first-order chi connectivity index (χ1) is 8.65. The molecule has 0 spiro atoms. The highest BCUT2D eigenvalue weighted by Crippen LogP contribution is 2.34. The van der Waals surface area contributed by atoms with Crippen molar-refractivity contribution in [3.63, 3.8) is 0 Å². The van der Waals surface area contributed by atoms with Crippen LogP contribution in [0.5, 0.6) is 0 Å². The van der Waals surface area contributed by atoms with E-state index in [9.17, 15) is 0 Å². The quantitative estimate of drug-likeness (QED) is 0.622. The van der Waals surface area contributed by atoms with Gasteiger partial charge in [0, 0.05) is 10.9 Å². The highest BCUT2D eigenvalue weighted by Gasteiger charge is 2.10. The third-order valence-electron chi connectivity index (χ3n) is 3.23. The molecule has 2 aromatic carbocycles. The summed E-state index contributed by atoms with van der Waals surface area (Å²) in [5, 5.41) is 1.89. The zero-order chi connectivity index (χ0) is 12.7. The molecule has 1 aromatic heterocycles. The van der Waals surface area contributed by atoms with Crippen LogP contribution in [0.25, 0.3) is 22.2 Å². The number of aromatic amines is 1. The molecule has 0 atom stereocenters. The number of nitrogens with one attached hydrogen (secondary N) is 1. The lowest BCUT2D eigenvalue weighted by molar-refractivity contribution is 1.42. The first kappa shape index (κ1) is 11.4. The van der Waals surface area contributed by atoms with Crippen molar-refractivity contribution < 1.29 is 0 Å². The molecule has 0 aliphatic heterocycles. The number of H-pyrrole nitrogens is 1. The summed E-state index contributed by atoms with van der Waals surface area (Å²) in [4.78, 5) is 3.39. The molecule has 1 nitrogen and oxygen atoms in total. The summed E-state index contributed by atoms with van der Waals surface area (Å²) < 4.78 is 0. The lowest BCUT2D eigenvalue weighted by atomic mass is 10.1. The van der Waals surface area contributed by atoms with Gasteiger partial charge >= 0.3 is 0 Å². The third kappa shape index (κ3) is 1.81. The van der Waals surface area contributed by atoms with E-state index in [0.29, 0.717) is 0 Å². The van der Waals surface area contributed by atoms with Crippen molar-refractivity contribution in [1.82, 2.24) is 4.98 Å². The van der Waals surface area contributed by atoms with E-state index in [2.05, 4.69) is 61.3 Å². The van der Waals surface area contributed by atoms with Gasteiger partial charge in [-0.2, -0.15) is 0 Å². The zero-order valence-corrected chi connectivity index (χ0v) is 11.2. The number of hydrogen-bond donors (Lipinski definition) is 1. The Hall–Kier alpha value is -1.73. The summed E-state index contributed by atoms with van der Waals surface area (Å²) in [5.74, 6) is 0. The maximum absolute atomic E-state index is 6.47. The first-order valence-corrected chi connectivity index (χ1v) is 6.38.